The first-order chi connectivity index (χ1) is 14.7. The fourth-order valence-electron chi connectivity index (χ4n) is 3.97. The lowest BCUT2D eigenvalue weighted by molar-refractivity contribution is 0.136. The number of imidazole rings is 1. The van der Waals surface area contributed by atoms with Gasteiger partial charge in [-0.05, 0) is 12.1 Å². The summed E-state index contributed by atoms with van der Waals surface area (Å²) in [5.74, 6) is 2.05. The third-order valence-corrected chi connectivity index (χ3v) is 5.36. The zero-order chi connectivity index (χ0) is 20.7. The van der Waals surface area contributed by atoms with E-state index in [2.05, 4.69) is 26.6 Å². The zero-order valence-electron chi connectivity index (χ0n) is 16.8. The number of anilines is 1. The number of ether oxygens (including phenoxy) is 1. The third-order valence-electron chi connectivity index (χ3n) is 5.36. The Morgan fingerprint density at radius 3 is 2.63 bits per heavy atom. The smallest absolute Gasteiger partial charge is 0.244 e. The predicted molar refractivity (Wildman–Crippen MR) is 113 cm³/mol. The molecule has 0 unspecified atom stereocenters. The number of methoxy groups -OCH3 is 1. The number of rotatable bonds is 4. The quantitative estimate of drug-likeness (QED) is 0.521. The number of benzene rings is 2. The van der Waals surface area contributed by atoms with Crippen molar-refractivity contribution in [3.05, 3.63) is 70.6 Å². The summed E-state index contributed by atoms with van der Waals surface area (Å²) in [5.41, 5.74) is 3.38. The summed E-state index contributed by atoms with van der Waals surface area (Å²) < 4.78 is 9.40. The van der Waals surface area contributed by atoms with Crippen LogP contribution in [0, 0.1) is 0 Å². The van der Waals surface area contributed by atoms with Crippen molar-refractivity contribution in [3.63, 3.8) is 0 Å². The molecule has 2 aromatic rings. The topological polar surface area (TPSA) is 74.4 Å². The van der Waals surface area contributed by atoms with Gasteiger partial charge in [0.2, 0.25) is 11.8 Å². The summed E-state index contributed by atoms with van der Waals surface area (Å²) in [5, 5.41) is 0. The Labute approximate surface area is 173 Å². The van der Waals surface area contributed by atoms with E-state index >= 15 is 0 Å². The van der Waals surface area contributed by atoms with Gasteiger partial charge in [0.1, 0.15) is 12.9 Å². The highest BCUT2D eigenvalue weighted by Gasteiger charge is 2.27. The van der Waals surface area contributed by atoms with Crippen molar-refractivity contribution in [1.82, 2.24) is 19.3 Å². The van der Waals surface area contributed by atoms with Crippen molar-refractivity contribution in [1.29, 1.82) is 0 Å². The van der Waals surface area contributed by atoms with Crippen LogP contribution in [0.5, 0.6) is 5.88 Å². The Hall–Kier alpha value is -3.81. The second-order valence-electron chi connectivity index (χ2n) is 7.09. The van der Waals surface area contributed by atoms with Crippen molar-refractivity contribution in [2.24, 2.45) is 0 Å². The highest BCUT2D eigenvalue weighted by atomic mass is 16.7. The molecule has 0 saturated carbocycles. The normalized spacial score (nSPS) is 13.3. The van der Waals surface area contributed by atoms with Gasteiger partial charge < -0.3 is 19.0 Å². The Morgan fingerprint density at radius 2 is 1.87 bits per heavy atom. The fraction of sp³-hybridized carbons (Fsp3) is 0.227. The first-order valence-electron chi connectivity index (χ1n) is 9.69. The molecule has 2 aliphatic heterocycles. The SMILES string of the molecule is COc1c2ccc(=O)cc-2nc(N2CCn3c(cnc3-c3ccccc3)C2)n1OC. The van der Waals surface area contributed by atoms with Crippen molar-refractivity contribution in [2.75, 3.05) is 25.7 Å². The molecule has 0 radical (unpaired) electrons. The van der Waals surface area contributed by atoms with Crippen LogP contribution in [0.15, 0.2) is 59.5 Å². The van der Waals surface area contributed by atoms with Crippen LogP contribution in [-0.4, -0.2) is 40.0 Å². The molecule has 5 rings (SSSR count). The minimum Gasteiger partial charge on any atom is -0.480 e. The zero-order valence-corrected chi connectivity index (χ0v) is 16.8. The molecule has 3 heterocycles. The Bertz CT molecular complexity index is 1230. The summed E-state index contributed by atoms with van der Waals surface area (Å²) in [7, 11) is 3.15. The summed E-state index contributed by atoms with van der Waals surface area (Å²) in [4.78, 5) is 29.0. The maximum atomic E-state index is 11.9. The van der Waals surface area contributed by atoms with Crippen LogP contribution in [0.2, 0.25) is 0 Å². The molecular formula is C22H21N5O3. The van der Waals surface area contributed by atoms with E-state index < -0.39 is 0 Å². The highest BCUT2D eigenvalue weighted by molar-refractivity contribution is 5.68. The minimum absolute atomic E-state index is 0.0950. The van der Waals surface area contributed by atoms with Gasteiger partial charge in [-0.25, -0.2) is 9.97 Å². The second kappa shape index (κ2) is 7.22. The highest BCUT2D eigenvalue weighted by Crippen LogP contribution is 2.34. The van der Waals surface area contributed by atoms with Gasteiger partial charge in [0.15, 0.2) is 5.43 Å². The maximum Gasteiger partial charge on any atom is 0.244 e. The average molecular weight is 403 g/mol. The molecule has 0 bridgehead atoms. The van der Waals surface area contributed by atoms with Gasteiger partial charge >= 0.3 is 0 Å². The minimum atomic E-state index is -0.0950. The van der Waals surface area contributed by atoms with E-state index in [1.54, 1.807) is 25.0 Å². The second-order valence-corrected chi connectivity index (χ2v) is 7.09. The molecule has 0 spiro atoms. The Morgan fingerprint density at radius 1 is 1.03 bits per heavy atom. The number of fused-ring (bicyclic) bond motifs is 2. The van der Waals surface area contributed by atoms with Crippen LogP contribution in [-0.2, 0) is 13.1 Å². The van der Waals surface area contributed by atoms with Crippen molar-refractivity contribution in [2.45, 2.75) is 13.1 Å². The van der Waals surface area contributed by atoms with E-state index in [0.717, 1.165) is 29.2 Å². The van der Waals surface area contributed by atoms with E-state index in [1.165, 1.54) is 12.1 Å². The summed E-state index contributed by atoms with van der Waals surface area (Å²) in [6, 6.07) is 14.9. The third kappa shape index (κ3) is 2.88. The molecule has 30 heavy (non-hydrogen) atoms. The molecule has 0 fully saturated rings. The van der Waals surface area contributed by atoms with Crippen molar-refractivity contribution >= 4 is 5.95 Å². The molecule has 3 aliphatic rings. The van der Waals surface area contributed by atoms with Crippen LogP contribution >= 0.6 is 0 Å². The number of hydrogen-bond acceptors (Lipinski definition) is 6. The molecule has 0 N–H and O–H groups in total. The monoisotopic (exact) mass is 403 g/mol. The van der Waals surface area contributed by atoms with Gasteiger partial charge in [0.25, 0.3) is 0 Å². The molecule has 0 saturated heterocycles. The van der Waals surface area contributed by atoms with Gasteiger partial charge in [-0.3, -0.25) is 4.79 Å². The molecule has 0 atom stereocenters. The van der Waals surface area contributed by atoms with Crippen LogP contribution in [0.3, 0.4) is 0 Å². The van der Waals surface area contributed by atoms with E-state index in [1.807, 2.05) is 24.4 Å². The molecule has 1 aromatic heterocycles. The molecule has 152 valence electrons. The maximum absolute atomic E-state index is 11.9. The summed E-state index contributed by atoms with van der Waals surface area (Å²) >= 11 is 0. The summed E-state index contributed by atoms with van der Waals surface area (Å²) in [6.07, 6.45) is 1.90. The first-order valence-corrected chi connectivity index (χ1v) is 9.69. The van der Waals surface area contributed by atoms with Gasteiger partial charge in [-0.2, -0.15) is 0 Å². The van der Waals surface area contributed by atoms with Crippen LogP contribution < -0.4 is 19.9 Å². The Kier molecular flexibility index (Phi) is 4.39. The van der Waals surface area contributed by atoms with Gasteiger partial charge in [-0.1, -0.05) is 30.3 Å². The van der Waals surface area contributed by atoms with Crippen LogP contribution in [0.1, 0.15) is 5.69 Å². The molecular weight excluding hydrogens is 382 g/mol. The molecule has 8 nitrogen and oxygen atoms in total. The lowest BCUT2D eigenvalue weighted by Crippen LogP contribution is -2.37. The van der Waals surface area contributed by atoms with E-state index in [9.17, 15) is 4.79 Å². The number of hydrogen-bond donors (Lipinski definition) is 0. The van der Waals surface area contributed by atoms with E-state index in [0.29, 0.717) is 30.6 Å². The molecule has 1 aromatic carbocycles. The standard InChI is InChI=1S/C22H21N5O3/c1-29-21-18-9-8-17(28)12-19(18)24-22(27(21)30-2)25-10-11-26-16(14-25)13-23-20(26)15-6-4-3-5-7-15/h3-9,12-13H,10-11,14H2,1-2H3. The van der Waals surface area contributed by atoms with E-state index in [-0.39, 0.29) is 5.43 Å². The Balaban J connectivity index is 1.57. The average Bonchev–Trinajstić information content (AvgIpc) is 3.21. The van der Waals surface area contributed by atoms with Crippen molar-refractivity contribution in [3.8, 4) is 28.5 Å². The molecule has 1 aliphatic carbocycles. The van der Waals surface area contributed by atoms with Crippen LogP contribution in [0.4, 0.5) is 5.95 Å². The first kappa shape index (κ1) is 18.2. The largest absolute Gasteiger partial charge is 0.480 e. The van der Waals surface area contributed by atoms with Gasteiger partial charge in [0.05, 0.1) is 36.8 Å². The molecule has 0 amide bonds. The van der Waals surface area contributed by atoms with Crippen molar-refractivity contribution < 1.29 is 9.57 Å². The van der Waals surface area contributed by atoms with Crippen LogP contribution in [0.25, 0.3) is 22.6 Å². The summed E-state index contributed by atoms with van der Waals surface area (Å²) in [6.45, 7) is 2.08. The molecule has 8 heteroatoms. The number of aromatic nitrogens is 4. The van der Waals surface area contributed by atoms with E-state index in [4.69, 9.17) is 14.6 Å². The van der Waals surface area contributed by atoms with Gasteiger partial charge in [0, 0.05) is 24.7 Å². The lowest BCUT2D eigenvalue weighted by atomic mass is 10.1. The number of nitrogens with zero attached hydrogens (tertiary/aromatic N) is 5. The van der Waals surface area contributed by atoms with Gasteiger partial charge in [-0.15, -0.1) is 4.73 Å². The lowest BCUT2D eigenvalue weighted by Gasteiger charge is -2.32. The predicted octanol–water partition coefficient (Wildman–Crippen LogP) is 2.30. The fourth-order valence-corrected chi connectivity index (χ4v) is 3.97.